The van der Waals surface area contributed by atoms with E-state index in [1.54, 1.807) is 30.5 Å². The number of phenols is 1. The van der Waals surface area contributed by atoms with E-state index in [1.165, 1.54) is 0 Å². The Morgan fingerprint density at radius 3 is 2.76 bits per heavy atom. The van der Waals surface area contributed by atoms with Gasteiger partial charge < -0.3 is 9.52 Å². The van der Waals surface area contributed by atoms with Crippen molar-refractivity contribution in [1.29, 1.82) is 5.26 Å². The first-order valence-electron chi connectivity index (χ1n) is 6.56. The molecular weight excluding hydrogens is 268 g/mol. The monoisotopic (exact) mass is 284 g/mol. The van der Waals surface area contributed by atoms with Crippen LogP contribution in [0, 0.1) is 17.2 Å². The Balaban J connectivity index is 2.07. The Morgan fingerprint density at radius 2 is 2.14 bits per heavy atom. The van der Waals surface area contributed by atoms with Gasteiger partial charge in [-0.05, 0) is 35.7 Å². The summed E-state index contributed by atoms with van der Waals surface area (Å²) in [5.74, 6) is 1.34. The van der Waals surface area contributed by atoms with Crippen LogP contribution in [0.2, 0.25) is 0 Å². The number of anilines is 1. The van der Waals surface area contributed by atoms with Crippen molar-refractivity contribution in [3.63, 3.8) is 0 Å². The fraction of sp³-hybridized carbons (Fsp3) is 0.267. The minimum Gasteiger partial charge on any atom is -0.508 e. The van der Waals surface area contributed by atoms with Gasteiger partial charge in [0.05, 0.1) is 6.21 Å². The summed E-state index contributed by atoms with van der Waals surface area (Å²) in [5.41, 5.74) is 3.67. The molecule has 0 fully saturated rings. The van der Waals surface area contributed by atoms with Crippen molar-refractivity contribution in [1.82, 2.24) is 4.98 Å². The number of aromatic hydroxyl groups is 1. The predicted molar refractivity (Wildman–Crippen MR) is 79.1 cm³/mol. The van der Waals surface area contributed by atoms with Gasteiger partial charge in [-0.2, -0.15) is 10.4 Å². The highest BCUT2D eigenvalue weighted by Crippen LogP contribution is 2.18. The average Bonchev–Trinajstić information content (AvgIpc) is 2.82. The number of nitriles is 1. The molecule has 0 aliphatic carbocycles. The number of aromatic nitrogens is 1. The van der Waals surface area contributed by atoms with E-state index in [-0.39, 0.29) is 17.3 Å². The highest BCUT2D eigenvalue weighted by molar-refractivity contribution is 5.80. The zero-order valence-corrected chi connectivity index (χ0v) is 11.9. The molecule has 0 aliphatic heterocycles. The van der Waals surface area contributed by atoms with Crippen LogP contribution >= 0.6 is 0 Å². The lowest BCUT2D eigenvalue weighted by molar-refractivity contribution is 0.466. The van der Waals surface area contributed by atoms with E-state index in [4.69, 9.17) is 9.68 Å². The number of nitrogens with one attached hydrogen (secondary N) is 1. The molecule has 0 saturated carbocycles. The predicted octanol–water partition coefficient (Wildman–Crippen LogP) is 2.90. The topological polar surface area (TPSA) is 94.4 Å². The molecule has 0 aliphatic rings. The minimum atomic E-state index is 0.188. The van der Waals surface area contributed by atoms with Crippen LogP contribution in [0.1, 0.15) is 31.0 Å². The summed E-state index contributed by atoms with van der Waals surface area (Å²) >= 11 is 0. The Hall–Kier alpha value is -2.81. The molecule has 2 aromatic rings. The maximum atomic E-state index is 9.18. The first kappa shape index (κ1) is 14.6. The van der Waals surface area contributed by atoms with Gasteiger partial charge >= 0.3 is 0 Å². The van der Waals surface area contributed by atoms with Gasteiger partial charge in [0.15, 0.2) is 5.89 Å². The van der Waals surface area contributed by atoms with E-state index in [9.17, 15) is 5.11 Å². The Bertz CT molecular complexity index is 666. The van der Waals surface area contributed by atoms with E-state index in [0.717, 1.165) is 5.56 Å². The largest absolute Gasteiger partial charge is 0.508 e. The van der Waals surface area contributed by atoms with Gasteiger partial charge in [0, 0.05) is 6.42 Å². The van der Waals surface area contributed by atoms with Gasteiger partial charge in [-0.25, -0.2) is 10.4 Å². The molecule has 0 amide bonds. The van der Waals surface area contributed by atoms with Crippen LogP contribution in [0.15, 0.2) is 33.8 Å². The fourth-order valence-corrected chi connectivity index (χ4v) is 1.68. The van der Waals surface area contributed by atoms with E-state index in [0.29, 0.717) is 18.2 Å². The number of hydrogen-bond donors (Lipinski definition) is 2. The Kier molecular flexibility index (Phi) is 4.57. The first-order chi connectivity index (χ1) is 10.1. The van der Waals surface area contributed by atoms with Crippen molar-refractivity contribution in [2.24, 2.45) is 11.0 Å². The second-order valence-corrected chi connectivity index (χ2v) is 4.96. The zero-order valence-electron chi connectivity index (χ0n) is 11.9. The number of rotatable bonds is 5. The lowest BCUT2D eigenvalue weighted by Gasteiger charge is -1.98. The molecule has 108 valence electrons. The van der Waals surface area contributed by atoms with Crippen molar-refractivity contribution in [3.05, 3.63) is 41.4 Å². The lowest BCUT2D eigenvalue weighted by atomic mass is 10.1. The maximum absolute atomic E-state index is 9.18. The number of hydrogen-bond acceptors (Lipinski definition) is 6. The van der Waals surface area contributed by atoms with Crippen LogP contribution in [-0.2, 0) is 6.42 Å². The van der Waals surface area contributed by atoms with Crippen LogP contribution in [0.5, 0.6) is 5.75 Å². The van der Waals surface area contributed by atoms with Crippen LogP contribution in [0.3, 0.4) is 0 Å². The molecule has 0 spiro atoms. The molecule has 1 aromatic heterocycles. The zero-order chi connectivity index (χ0) is 15.2. The van der Waals surface area contributed by atoms with Crippen LogP contribution in [-0.4, -0.2) is 16.3 Å². The minimum absolute atomic E-state index is 0.188. The van der Waals surface area contributed by atoms with Crippen molar-refractivity contribution in [3.8, 4) is 11.8 Å². The summed E-state index contributed by atoms with van der Waals surface area (Å²) in [4.78, 5) is 4.11. The number of oxazole rings is 1. The highest BCUT2D eigenvalue weighted by Gasteiger charge is 2.13. The first-order valence-corrected chi connectivity index (χ1v) is 6.56. The van der Waals surface area contributed by atoms with E-state index >= 15 is 0 Å². The second-order valence-electron chi connectivity index (χ2n) is 4.96. The van der Waals surface area contributed by atoms with Gasteiger partial charge in [-0.15, -0.1) is 0 Å². The molecule has 6 nitrogen and oxygen atoms in total. The third-order valence-corrected chi connectivity index (χ3v) is 2.63. The Labute approximate surface area is 122 Å². The van der Waals surface area contributed by atoms with Crippen molar-refractivity contribution in [2.75, 3.05) is 5.43 Å². The molecule has 2 N–H and O–H groups in total. The van der Waals surface area contributed by atoms with Crippen molar-refractivity contribution >= 4 is 12.1 Å². The smallest absolute Gasteiger partial charge is 0.252 e. The summed E-state index contributed by atoms with van der Waals surface area (Å²) in [6.45, 7) is 4.10. The normalized spacial score (nSPS) is 11.0. The molecule has 0 radical (unpaired) electrons. The van der Waals surface area contributed by atoms with Gasteiger partial charge in [0.25, 0.3) is 5.88 Å². The SMILES string of the molecule is CC(C)Cc1nc(C#N)c(N/N=C/c2ccc(O)cc2)o1. The number of phenolic OH excluding ortho intramolecular Hbond substituents is 1. The molecule has 1 heterocycles. The van der Waals surface area contributed by atoms with Crippen molar-refractivity contribution < 1.29 is 9.52 Å². The molecular formula is C15H16N4O2. The third-order valence-electron chi connectivity index (χ3n) is 2.63. The number of benzene rings is 1. The van der Waals surface area contributed by atoms with Gasteiger partial charge in [-0.3, -0.25) is 0 Å². The number of nitrogens with zero attached hydrogens (tertiary/aromatic N) is 3. The summed E-state index contributed by atoms with van der Waals surface area (Å²) in [6, 6.07) is 8.54. The molecule has 21 heavy (non-hydrogen) atoms. The quantitative estimate of drug-likeness (QED) is 0.650. The molecule has 0 saturated heterocycles. The fourth-order valence-electron chi connectivity index (χ4n) is 1.68. The summed E-state index contributed by atoms with van der Waals surface area (Å²) in [7, 11) is 0. The summed E-state index contributed by atoms with van der Waals surface area (Å²) in [6.07, 6.45) is 2.23. The lowest BCUT2D eigenvalue weighted by Crippen LogP contribution is -1.93. The molecule has 6 heteroatoms. The molecule has 0 bridgehead atoms. The van der Waals surface area contributed by atoms with E-state index in [1.807, 2.05) is 19.9 Å². The standard InChI is InChI=1S/C15H16N4O2/c1-10(2)7-14-18-13(8-16)15(21-14)19-17-9-11-3-5-12(20)6-4-11/h3-6,9-10,19-20H,7H2,1-2H3/b17-9+. The van der Waals surface area contributed by atoms with Crippen LogP contribution in [0.25, 0.3) is 0 Å². The third kappa shape index (κ3) is 4.08. The van der Waals surface area contributed by atoms with Crippen LogP contribution < -0.4 is 5.43 Å². The maximum Gasteiger partial charge on any atom is 0.252 e. The summed E-state index contributed by atoms with van der Waals surface area (Å²) in [5, 5.41) is 22.2. The van der Waals surface area contributed by atoms with Gasteiger partial charge in [0.1, 0.15) is 11.8 Å². The molecule has 0 unspecified atom stereocenters. The molecule has 2 rings (SSSR count). The Morgan fingerprint density at radius 1 is 1.43 bits per heavy atom. The van der Waals surface area contributed by atoms with Crippen LogP contribution in [0.4, 0.5) is 5.88 Å². The van der Waals surface area contributed by atoms with Crippen molar-refractivity contribution in [2.45, 2.75) is 20.3 Å². The molecule has 0 atom stereocenters. The van der Waals surface area contributed by atoms with E-state index < -0.39 is 0 Å². The average molecular weight is 284 g/mol. The second kappa shape index (κ2) is 6.57. The molecule has 1 aromatic carbocycles. The highest BCUT2D eigenvalue weighted by atomic mass is 16.4. The summed E-state index contributed by atoms with van der Waals surface area (Å²) < 4.78 is 5.48. The number of hydrazone groups is 1. The van der Waals surface area contributed by atoms with Gasteiger partial charge in [-0.1, -0.05) is 13.8 Å². The van der Waals surface area contributed by atoms with Gasteiger partial charge in [0.2, 0.25) is 5.69 Å². The van der Waals surface area contributed by atoms with E-state index in [2.05, 4.69) is 15.5 Å².